The number of nitrogens with zero attached hydrogens (tertiary/aromatic N) is 1. The molecule has 0 spiro atoms. The Morgan fingerprint density at radius 3 is 3.08 bits per heavy atom. The quantitative estimate of drug-likeness (QED) is 0.728. The van der Waals surface area contributed by atoms with Crippen molar-refractivity contribution in [2.75, 3.05) is 25.0 Å². The summed E-state index contributed by atoms with van der Waals surface area (Å²) >= 11 is 8.92. The minimum absolute atomic E-state index is 0.319. The topological polar surface area (TPSA) is 12.5 Å². The Hall–Kier alpha value is 0.430. The average molecular weight is 269 g/mol. The maximum absolute atomic E-state index is 5.60. The summed E-state index contributed by atoms with van der Waals surface area (Å²) in [6.07, 6.45) is 2.29. The molecule has 1 saturated heterocycles. The van der Waals surface area contributed by atoms with Gasteiger partial charge in [-0.1, -0.05) is 33.6 Å². The summed E-state index contributed by atoms with van der Waals surface area (Å²) in [4.78, 5) is 2.37. The third-order valence-electron chi connectivity index (χ3n) is 2.24. The van der Waals surface area contributed by atoms with Crippen molar-refractivity contribution in [1.29, 1.82) is 0 Å². The Morgan fingerprint density at radius 2 is 2.46 bits per heavy atom. The van der Waals surface area contributed by atoms with Crippen LogP contribution in [0.25, 0.3) is 0 Å². The SMILES string of the molecule is CC1COC(CBr)CN1C/C=C/Cl. The molecule has 4 heteroatoms. The van der Waals surface area contributed by atoms with Crippen molar-refractivity contribution in [3.63, 3.8) is 0 Å². The molecule has 1 aliphatic heterocycles. The molecule has 0 aromatic rings. The van der Waals surface area contributed by atoms with Crippen molar-refractivity contribution < 1.29 is 4.74 Å². The number of rotatable bonds is 3. The molecule has 0 amide bonds. The summed E-state index contributed by atoms with van der Waals surface area (Å²) in [5, 5.41) is 0.904. The average Bonchev–Trinajstić information content (AvgIpc) is 2.17. The van der Waals surface area contributed by atoms with Gasteiger partial charge in [0, 0.05) is 30.0 Å². The maximum Gasteiger partial charge on any atom is 0.0799 e. The summed E-state index contributed by atoms with van der Waals surface area (Å²) in [5.41, 5.74) is 1.57. The molecule has 76 valence electrons. The van der Waals surface area contributed by atoms with Gasteiger partial charge in [0.05, 0.1) is 12.7 Å². The molecule has 13 heavy (non-hydrogen) atoms. The molecule has 0 aliphatic carbocycles. The molecule has 2 atom stereocenters. The lowest BCUT2D eigenvalue weighted by Crippen LogP contribution is -2.48. The lowest BCUT2D eigenvalue weighted by atomic mass is 10.2. The fourth-order valence-corrected chi connectivity index (χ4v) is 1.87. The van der Waals surface area contributed by atoms with Crippen molar-refractivity contribution in [2.24, 2.45) is 0 Å². The Kier molecular flexibility index (Phi) is 5.32. The Labute approximate surface area is 93.0 Å². The van der Waals surface area contributed by atoms with Crippen molar-refractivity contribution in [2.45, 2.75) is 19.1 Å². The van der Waals surface area contributed by atoms with Crippen LogP contribution in [0.15, 0.2) is 11.6 Å². The highest BCUT2D eigenvalue weighted by Crippen LogP contribution is 2.12. The first-order chi connectivity index (χ1) is 6.27. The first-order valence-corrected chi connectivity index (χ1v) is 6.00. The fraction of sp³-hybridized carbons (Fsp3) is 0.778. The third kappa shape index (κ3) is 3.58. The van der Waals surface area contributed by atoms with Gasteiger partial charge in [-0.3, -0.25) is 4.90 Å². The van der Waals surface area contributed by atoms with Crippen LogP contribution in [0, 0.1) is 0 Å². The highest BCUT2D eigenvalue weighted by Gasteiger charge is 2.23. The number of morpholine rings is 1. The van der Waals surface area contributed by atoms with Crippen molar-refractivity contribution in [1.82, 2.24) is 4.90 Å². The highest BCUT2D eigenvalue weighted by molar-refractivity contribution is 9.09. The summed E-state index contributed by atoms with van der Waals surface area (Å²) < 4.78 is 5.60. The molecule has 0 aromatic carbocycles. The zero-order valence-corrected chi connectivity index (χ0v) is 10.1. The predicted octanol–water partition coefficient (Wildman–Crippen LogP) is 2.22. The molecule has 0 radical (unpaired) electrons. The maximum atomic E-state index is 5.60. The lowest BCUT2D eigenvalue weighted by Gasteiger charge is -2.36. The van der Waals surface area contributed by atoms with E-state index in [1.807, 2.05) is 6.08 Å². The van der Waals surface area contributed by atoms with Crippen molar-refractivity contribution in [3.05, 3.63) is 11.6 Å². The van der Waals surface area contributed by atoms with Gasteiger partial charge in [0.1, 0.15) is 0 Å². The van der Waals surface area contributed by atoms with Crippen molar-refractivity contribution in [3.8, 4) is 0 Å². The molecule has 2 nitrogen and oxygen atoms in total. The van der Waals surface area contributed by atoms with Crippen molar-refractivity contribution >= 4 is 27.5 Å². The zero-order valence-electron chi connectivity index (χ0n) is 7.75. The van der Waals surface area contributed by atoms with Gasteiger partial charge in [0.15, 0.2) is 0 Å². The van der Waals surface area contributed by atoms with Gasteiger partial charge in [-0.2, -0.15) is 0 Å². The number of hydrogen-bond acceptors (Lipinski definition) is 2. The largest absolute Gasteiger partial charge is 0.374 e. The molecule has 1 rings (SSSR count). The van der Waals surface area contributed by atoms with E-state index in [2.05, 4.69) is 27.8 Å². The molecule has 1 aliphatic rings. The lowest BCUT2D eigenvalue weighted by molar-refractivity contribution is -0.0419. The van der Waals surface area contributed by atoms with Gasteiger partial charge in [0.2, 0.25) is 0 Å². The number of hydrogen-bond donors (Lipinski definition) is 0. The van der Waals surface area contributed by atoms with Crippen LogP contribution in [-0.2, 0) is 4.74 Å². The summed E-state index contributed by atoms with van der Waals surface area (Å²) in [6, 6.07) is 0.489. The second-order valence-corrected chi connectivity index (χ2v) is 4.17. The molecule has 0 bridgehead atoms. The van der Waals surface area contributed by atoms with E-state index in [1.165, 1.54) is 0 Å². The fourth-order valence-electron chi connectivity index (χ4n) is 1.40. The van der Waals surface area contributed by atoms with Gasteiger partial charge >= 0.3 is 0 Å². The van der Waals surface area contributed by atoms with Crippen LogP contribution >= 0.6 is 27.5 Å². The molecule has 2 unspecified atom stereocenters. The van der Waals surface area contributed by atoms with Crippen LogP contribution in [0.3, 0.4) is 0 Å². The van der Waals surface area contributed by atoms with E-state index < -0.39 is 0 Å². The Bertz CT molecular complexity index is 177. The van der Waals surface area contributed by atoms with E-state index in [4.69, 9.17) is 16.3 Å². The Morgan fingerprint density at radius 1 is 1.69 bits per heavy atom. The predicted molar refractivity (Wildman–Crippen MR) is 59.6 cm³/mol. The van der Waals surface area contributed by atoms with E-state index in [1.54, 1.807) is 5.54 Å². The summed E-state index contributed by atoms with van der Waals surface area (Å²) in [5.74, 6) is 0. The standard InChI is InChI=1S/C9H15BrClNO/c1-8-7-13-9(5-10)6-12(8)4-2-3-11/h2-3,8-9H,4-7H2,1H3/b3-2+. The Balaban J connectivity index is 2.40. The van der Waals surface area contributed by atoms with Crippen LogP contribution in [0.1, 0.15) is 6.92 Å². The van der Waals surface area contributed by atoms with E-state index in [-0.39, 0.29) is 0 Å². The highest BCUT2D eigenvalue weighted by atomic mass is 79.9. The number of halogens is 2. The molecule has 1 fully saturated rings. The molecular weight excluding hydrogens is 253 g/mol. The number of alkyl halides is 1. The summed E-state index contributed by atoms with van der Waals surface area (Å²) in [6.45, 7) is 4.88. The second kappa shape index (κ2) is 6.02. The molecule has 0 saturated carbocycles. The van der Waals surface area contributed by atoms with Crippen LogP contribution in [-0.4, -0.2) is 42.1 Å². The molecular formula is C9H15BrClNO. The van der Waals surface area contributed by atoms with Gasteiger partial charge < -0.3 is 4.74 Å². The van der Waals surface area contributed by atoms with Crippen LogP contribution < -0.4 is 0 Å². The van der Waals surface area contributed by atoms with Gasteiger partial charge in [0.25, 0.3) is 0 Å². The smallest absolute Gasteiger partial charge is 0.0799 e. The van der Waals surface area contributed by atoms with Crippen LogP contribution in [0.5, 0.6) is 0 Å². The van der Waals surface area contributed by atoms with Gasteiger partial charge in [-0.25, -0.2) is 0 Å². The molecule has 1 heterocycles. The third-order valence-corrected chi connectivity index (χ3v) is 3.14. The van der Waals surface area contributed by atoms with Crippen LogP contribution in [0.2, 0.25) is 0 Å². The van der Waals surface area contributed by atoms with E-state index in [0.717, 1.165) is 25.0 Å². The normalized spacial score (nSPS) is 31.3. The number of ether oxygens (including phenoxy) is 1. The zero-order chi connectivity index (χ0) is 9.68. The first-order valence-electron chi connectivity index (χ1n) is 4.44. The van der Waals surface area contributed by atoms with Gasteiger partial charge in [-0.05, 0) is 6.92 Å². The minimum Gasteiger partial charge on any atom is -0.374 e. The second-order valence-electron chi connectivity index (χ2n) is 3.27. The molecule has 0 aromatic heterocycles. The van der Waals surface area contributed by atoms with E-state index >= 15 is 0 Å². The van der Waals surface area contributed by atoms with Crippen LogP contribution in [0.4, 0.5) is 0 Å². The minimum atomic E-state index is 0.319. The van der Waals surface area contributed by atoms with E-state index in [0.29, 0.717) is 12.1 Å². The van der Waals surface area contributed by atoms with Gasteiger partial charge in [-0.15, -0.1) is 0 Å². The summed E-state index contributed by atoms with van der Waals surface area (Å²) in [7, 11) is 0. The van der Waals surface area contributed by atoms with E-state index in [9.17, 15) is 0 Å². The first kappa shape index (κ1) is 11.5. The monoisotopic (exact) mass is 267 g/mol. The molecule has 0 N–H and O–H groups in total.